The average molecular weight is 299 g/mol. The van der Waals surface area contributed by atoms with Crippen LogP contribution in [-0.4, -0.2) is 12.7 Å². The van der Waals surface area contributed by atoms with E-state index < -0.39 is 0 Å². The van der Waals surface area contributed by atoms with Gasteiger partial charge in [-0.05, 0) is 12.3 Å². The number of hydrogen-bond donors (Lipinski definition) is 1. The molecule has 3 nitrogen and oxygen atoms in total. The minimum Gasteiger partial charge on any atom is -0.292 e. The van der Waals surface area contributed by atoms with Crippen LogP contribution in [0.4, 0.5) is 0 Å². The predicted molar refractivity (Wildman–Crippen MR) is 93.5 cm³/mol. The zero-order chi connectivity index (χ0) is 15.8. The summed E-state index contributed by atoms with van der Waals surface area (Å²) in [6.45, 7) is 6.94. The molecule has 21 heavy (non-hydrogen) atoms. The van der Waals surface area contributed by atoms with Crippen LogP contribution in [0.3, 0.4) is 0 Å². The summed E-state index contributed by atoms with van der Waals surface area (Å²) in [6.07, 6.45) is 16.4. The summed E-state index contributed by atoms with van der Waals surface area (Å²) in [5.41, 5.74) is 0. The second-order valence-corrected chi connectivity index (χ2v) is 6.67. The highest BCUT2D eigenvalue weighted by Crippen LogP contribution is 2.14. The summed E-state index contributed by atoms with van der Waals surface area (Å²) in [4.78, 5) is 10.2. The Morgan fingerprint density at radius 2 is 1.29 bits per heavy atom. The van der Waals surface area contributed by atoms with E-state index in [2.05, 4.69) is 31.3 Å². The monoisotopic (exact) mass is 298 g/mol. The third kappa shape index (κ3) is 14.3. The van der Waals surface area contributed by atoms with Crippen molar-refractivity contribution < 1.29 is 0 Å². The highest BCUT2D eigenvalue weighted by Gasteiger charge is 2.11. The molecule has 0 aliphatic carbocycles. The third-order valence-corrected chi connectivity index (χ3v) is 4.34. The van der Waals surface area contributed by atoms with Gasteiger partial charge >= 0.3 is 0 Å². The SMILES string of the molecule is CCCCCCCCCCCCCC(NCN=O)C(C)C. The van der Waals surface area contributed by atoms with E-state index >= 15 is 0 Å². The average Bonchev–Trinajstić information content (AvgIpc) is 2.47. The van der Waals surface area contributed by atoms with Crippen molar-refractivity contribution in [2.45, 2.75) is 104 Å². The van der Waals surface area contributed by atoms with Crippen LogP contribution in [0.25, 0.3) is 0 Å². The molecule has 1 atom stereocenters. The normalized spacial score (nSPS) is 12.8. The Balaban J connectivity index is 3.31. The molecule has 0 bridgehead atoms. The molecule has 1 unspecified atom stereocenters. The molecule has 126 valence electrons. The van der Waals surface area contributed by atoms with Gasteiger partial charge in [-0.3, -0.25) is 5.32 Å². The molecule has 0 radical (unpaired) electrons. The standard InChI is InChI=1S/C18H38N2O/c1-4-5-6-7-8-9-10-11-12-13-14-15-18(17(2)3)19-16-20-21/h17-19H,4-16H2,1-3H3. The van der Waals surface area contributed by atoms with E-state index in [1.807, 2.05) is 0 Å². The minimum absolute atomic E-state index is 0.251. The number of hydrogen-bond acceptors (Lipinski definition) is 3. The molecule has 0 aromatic heterocycles. The highest BCUT2D eigenvalue weighted by atomic mass is 16.3. The lowest BCUT2D eigenvalue weighted by Crippen LogP contribution is -2.33. The molecular weight excluding hydrogens is 260 g/mol. The molecule has 0 saturated heterocycles. The molecule has 1 N–H and O–H groups in total. The fourth-order valence-corrected chi connectivity index (χ4v) is 2.85. The van der Waals surface area contributed by atoms with Gasteiger partial charge in [-0.25, -0.2) is 0 Å². The Bertz CT molecular complexity index is 219. The molecule has 0 heterocycles. The molecule has 0 aromatic carbocycles. The van der Waals surface area contributed by atoms with Crippen LogP contribution in [0.5, 0.6) is 0 Å². The topological polar surface area (TPSA) is 41.5 Å². The van der Waals surface area contributed by atoms with Gasteiger partial charge in [-0.2, -0.15) is 0 Å². The van der Waals surface area contributed by atoms with E-state index in [9.17, 15) is 4.91 Å². The largest absolute Gasteiger partial charge is 0.292 e. The second-order valence-electron chi connectivity index (χ2n) is 6.67. The van der Waals surface area contributed by atoms with Gasteiger partial charge in [0, 0.05) is 6.04 Å². The quantitative estimate of drug-likeness (QED) is 0.279. The van der Waals surface area contributed by atoms with E-state index in [4.69, 9.17) is 0 Å². The number of unbranched alkanes of at least 4 members (excludes halogenated alkanes) is 10. The summed E-state index contributed by atoms with van der Waals surface area (Å²) in [5, 5.41) is 6.13. The van der Waals surface area contributed by atoms with Gasteiger partial charge in [-0.15, -0.1) is 4.91 Å². The summed E-state index contributed by atoms with van der Waals surface area (Å²) >= 11 is 0. The molecule has 0 aromatic rings. The van der Waals surface area contributed by atoms with Crippen LogP contribution >= 0.6 is 0 Å². The van der Waals surface area contributed by atoms with Gasteiger partial charge < -0.3 is 0 Å². The van der Waals surface area contributed by atoms with Gasteiger partial charge in [0.15, 0.2) is 0 Å². The van der Waals surface area contributed by atoms with Crippen LogP contribution in [0.1, 0.15) is 97.8 Å². The lowest BCUT2D eigenvalue weighted by molar-refractivity contribution is 0.367. The Morgan fingerprint density at radius 3 is 1.71 bits per heavy atom. The van der Waals surface area contributed by atoms with E-state index in [0.29, 0.717) is 12.0 Å². The lowest BCUT2D eigenvalue weighted by atomic mass is 9.97. The Labute approximate surface area is 132 Å². The van der Waals surface area contributed by atoms with Gasteiger partial charge in [0.05, 0.1) is 0 Å². The van der Waals surface area contributed by atoms with Gasteiger partial charge in [0.2, 0.25) is 0 Å². The van der Waals surface area contributed by atoms with Crippen LogP contribution < -0.4 is 5.32 Å². The number of rotatable bonds is 16. The fraction of sp³-hybridized carbons (Fsp3) is 1.00. The summed E-state index contributed by atoms with van der Waals surface area (Å²) in [7, 11) is 0. The lowest BCUT2D eigenvalue weighted by Gasteiger charge is -2.20. The summed E-state index contributed by atoms with van der Waals surface area (Å²) < 4.78 is 0. The van der Waals surface area contributed by atoms with E-state index in [0.717, 1.165) is 0 Å². The zero-order valence-corrected chi connectivity index (χ0v) is 14.7. The maximum Gasteiger partial charge on any atom is 0.131 e. The van der Waals surface area contributed by atoms with Crippen molar-refractivity contribution >= 4 is 0 Å². The van der Waals surface area contributed by atoms with Gasteiger partial charge in [-0.1, -0.05) is 96.6 Å². The van der Waals surface area contributed by atoms with Crippen molar-refractivity contribution in [2.75, 3.05) is 6.67 Å². The minimum atomic E-state index is 0.251. The molecular formula is C18H38N2O. The van der Waals surface area contributed by atoms with E-state index in [1.165, 1.54) is 77.0 Å². The smallest absolute Gasteiger partial charge is 0.131 e. The van der Waals surface area contributed by atoms with Crippen molar-refractivity contribution in [3.8, 4) is 0 Å². The van der Waals surface area contributed by atoms with Crippen molar-refractivity contribution in [1.29, 1.82) is 0 Å². The first-order chi connectivity index (χ1) is 10.2. The maximum atomic E-state index is 10.2. The Kier molecular flexibility index (Phi) is 15.6. The van der Waals surface area contributed by atoms with Crippen molar-refractivity contribution in [2.24, 2.45) is 11.1 Å². The molecule has 0 fully saturated rings. The van der Waals surface area contributed by atoms with Crippen LogP contribution in [-0.2, 0) is 0 Å². The van der Waals surface area contributed by atoms with Crippen molar-refractivity contribution in [3.05, 3.63) is 4.91 Å². The molecule has 0 aliphatic rings. The first-order valence-corrected chi connectivity index (χ1v) is 9.24. The molecule has 0 aliphatic heterocycles. The number of nitrogens with zero attached hydrogens (tertiary/aromatic N) is 1. The zero-order valence-electron chi connectivity index (χ0n) is 14.7. The van der Waals surface area contributed by atoms with E-state index in [1.54, 1.807) is 0 Å². The maximum absolute atomic E-state index is 10.2. The van der Waals surface area contributed by atoms with Gasteiger partial charge in [0.25, 0.3) is 0 Å². The van der Waals surface area contributed by atoms with Crippen LogP contribution in [0.2, 0.25) is 0 Å². The first-order valence-electron chi connectivity index (χ1n) is 9.24. The van der Waals surface area contributed by atoms with Crippen molar-refractivity contribution in [3.63, 3.8) is 0 Å². The Morgan fingerprint density at radius 1 is 0.810 bits per heavy atom. The van der Waals surface area contributed by atoms with Gasteiger partial charge in [0.1, 0.15) is 6.67 Å². The van der Waals surface area contributed by atoms with E-state index in [-0.39, 0.29) is 6.67 Å². The van der Waals surface area contributed by atoms with Crippen LogP contribution in [0.15, 0.2) is 5.18 Å². The summed E-state index contributed by atoms with van der Waals surface area (Å²) in [5.74, 6) is 0.579. The Hall–Kier alpha value is -0.440. The number of nitrogens with one attached hydrogen (secondary N) is 1. The third-order valence-electron chi connectivity index (χ3n) is 4.34. The predicted octanol–water partition coefficient (Wildman–Crippen LogP) is 6.03. The molecule has 3 heteroatoms. The molecule has 0 saturated carbocycles. The molecule has 0 amide bonds. The molecule has 0 spiro atoms. The molecule has 0 rings (SSSR count). The number of nitroso groups, excluding NO2 is 1. The van der Waals surface area contributed by atoms with Crippen LogP contribution in [0, 0.1) is 10.8 Å². The second kappa shape index (κ2) is 15.9. The first kappa shape index (κ1) is 20.6. The highest BCUT2D eigenvalue weighted by molar-refractivity contribution is 4.69. The fourth-order valence-electron chi connectivity index (χ4n) is 2.85. The van der Waals surface area contributed by atoms with Crippen molar-refractivity contribution in [1.82, 2.24) is 5.32 Å². The summed E-state index contributed by atoms with van der Waals surface area (Å²) in [6, 6.07) is 0.446.